The first-order chi connectivity index (χ1) is 6.69. The van der Waals surface area contributed by atoms with E-state index in [9.17, 15) is 9.36 Å². The summed E-state index contributed by atoms with van der Waals surface area (Å²) in [7, 11) is -4.55. The molecule has 8 nitrogen and oxygen atoms in total. The summed E-state index contributed by atoms with van der Waals surface area (Å²) < 4.78 is 10.4. The molecule has 9 heteroatoms. The molecule has 6 N–H and O–H groups in total. The van der Waals surface area contributed by atoms with Crippen molar-refractivity contribution in [2.24, 2.45) is 0 Å². The Morgan fingerprint density at radius 1 is 1.07 bits per heavy atom. The summed E-state index contributed by atoms with van der Waals surface area (Å²) in [5.74, 6) is 0. The highest BCUT2D eigenvalue weighted by atomic mass is 31.2. The second-order valence-corrected chi connectivity index (χ2v) is 4.72. The first kappa shape index (κ1) is 14.7. The molecule has 0 saturated heterocycles. The normalized spacial score (nSPS) is 20.4. The lowest BCUT2D eigenvalue weighted by Crippen LogP contribution is -2.46. The molecule has 0 aliphatic heterocycles. The molecule has 0 unspecified atom stereocenters. The largest absolute Gasteiger partial charge is 0.390 e. The molecule has 0 aliphatic carbocycles. The van der Waals surface area contributed by atoms with Crippen LogP contribution in [0.1, 0.15) is 0 Å². The Labute approximate surface area is 85.0 Å². The maximum absolute atomic E-state index is 10.4. The number of aliphatic hydroxyl groups is 4. The molecule has 0 amide bonds. The van der Waals surface area contributed by atoms with Crippen LogP contribution in [0.15, 0.2) is 0 Å². The summed E-state index contributed by atoms with van der Waals surface area (Å²) in [5.41, 5.74) is 0. The Balaban J connectivity index is 4.37. The minimum Gasteiger partial charge on any atom is -0.390 e. The van der Waals surface area contributed by atoms with Crippen molar-refractivity contribution in [3.63, 3.8) is 0 Å². The number of aldehydes is 1. The Bertz CT molecular complexity index is 250. The third-order valence-electron chi connectivity index (χ3n) is 1.66. The van der Waals surface area contributed by atoms with Gasteiger partial charge in [0.05, 0.1) is 12.3 Å². The summed E-state index contributed by atoms with van der Waals surface area (Å²) in [6.45, 7) is 0. The van der Waals surface area contributed by atoms with Crippen molar-refractivity contribution in [2.75, 3.05) is 6.16 Å². The molecule has 0 aliphatic rings. The number of hydrogen-bond acceptors (Lipinski definition) is 6. The SMILES string of the molecule is O=C[C@H](O)[C@@H](O)[C@H](O)[C@H](O)CP(=O)(O)O. The van der Waals surface area contributed by atoms with Gasteiger partial charge in [-0.05, 0) is 0 Å². The van der Waals surface area contributed by atoms with Crippen LogP contribution in [0.3, 0.4) is 0 Å². The zero-order valence-electron chi connectivity index (χ0n) is 7.54. The molecule has 15 heavy (non-hydrogen) atoms. The van der Waals surface area contributed by atoms with Gasteiger partial charge in [0.15, 0.2) is 6.29 Å². The van der Waals surface area contributed by atoms with Gasteiger partial charge in [0.2, 0.25) is 0 Å². The average molecular weight is 244 g/mol. The monoisotopic (exact) mass is 244 g/mol. The highest BCUT2D eigenvalue weighted by Crippen LogP contribution is 2.35. The third-order valence-corrected chi connectivity index (χ3v) is 2.51. The van der Waals surface area contributed by atoms with Gasteiger partial charge in [-0.25, -0.2) is 0 Å². The molecule has 4 atom stereocenters. The predicted molar refractivity (Wildman–Crippen MR) is 47.0 cm³/mol. The van der Waals surface area contributed by atoms with Crippen LogP contribution in [0.25, 0.3) is 0 Å². The zero-order chi connectivity index (χ0) is 12.2. The molecule has 0 bridgehead atoms. The second kappa shape index (κ2) is 5.66. The Kier molecular flexibility index (Phi) is 5.54. The fraction of sp³-hybridized carbons (Fsp3) is 0.833. The minimum atomic E-state index is -4.55. The maximum Gasteiger partial charge on any atom is 0.328 e. The highest BCUT2D eigenvalue weighted by molar-refractivity contribution is 7.51. The van der Waals surface area contributed by atoms with E-state index in [0.29, 0.717) is 0 Å². The molecule has 0 fully saturated rings. The van der Waals surface area contributed by atoms with Crippen molar-refractivity contribution in [3.05, 3.63) is 0 Å². The van der Waals surface area contributed by atoms with Crippen LogP contribution in [0, 0.1) is 0 Å². The van der Waals surface area contributed by atoms with Crippen LogP contribution in [0.4, 0.5) is 0 Å². The third kappa shape index (κ3) is 5.33. The van der Waals surface area contributed by atoms with Crippen LogP contribution in [0.2, 0.25) is 0 Å². The van der Waals surface area contributed by atoms with E-state index >= 15 is 0 Å². The van der Waals surface area contributed by atoms with E-state index in [2.05, 4.69) is 0 Å². The molecule has 0 spiro atoms. The molecule has 0 heterocycles. The molecule has 0 aromatic heterocycles. The van der Waals surface area contributed by atoms with Crippen molar-refractivity contribution in [1.29, 1.82) is 0 Å². The van der Waals surface area contributed by atoms with Gasteiger partial charge >= 0.3 is 7.60 Å². The van der Waals surface area contributed by atoms with Crippen molar-refractivity contribution < 1.29 is 39.6 Å². The first-order valence-corrected chi connectivity index (χ1v) is 5.71. The highest BCUT2D eigenvalue weighted by Gasteiger charge is 2.33. The fourth-order valence-electron chi connectivity index (χ4n) is 0.862. The van der Waals surface area contributed by atoms with Gasteiger partial charge in [-0.3, -0.25) is 4.57 Å². The van der Waals surface area contributed by atoms with Crippen molar-refractivity contribution in [3.8, 4) is 0 Å². The molecule has 90 valence electrons. The average Bonchev–Trinajstić information content (AvgIpc) is 2.11. The van der Waals surface area contributed by atoms with Gasteiger partial charge in [-0.1, -0.05) is 0 Å². The lowest BCUT2D eigenvalue weighted by atomic mass is 10.1. The first-order valence-electron chi connectivity index (χ1n) is 3.91. The van der Waals surface area contributed by atoms with Gasteiger partial charge in [0.1, 0.15) is 18.3 Å². The van der Waals surface area contributed by atoms with Gasteiger partial charge in [-0.2, -0.15) is 0 Å². The van der Waals surface area contributed by atoms with Gasteiger partial charge < -0.3 is 35.0 Å². The lowest BCUT2D eigenvalue weighted by molar-refractivity contribution is -0.132. The van der Waals surface area contributed by atoms with E-state index in [-0.39, 0.29) is 6.29 Å². The standard InChI is InChI=1S/C6H13O8P/c7-1-3(8)5(10)6(11)4(9)2-15(12,13)14/h1,3-6,8-11H,2H2,(H2,12,13,14)/t3-,4+,5+,6+/m0/s1. The Morgan fingerprint density at radius 3 is 1.87 bits per heavy atom. The van der Waals surface area contributed by atoms with E-state index in [1.165, 1.54) is 0 Å². The van der Waals surface area contributed by atoms with E-state index in [0.717, 1.165) is 0 Å². The van der Waals surface area contributed by atoms with Crippen LogP contribution >= 0.6 is 7.60 Å². The Hall–Kier alpha value is -0.340. The number of carbonyl (C=O) groups excluding carboxylic acids is 1. The predicted octanol–water partition coefficient (Wildman–Crippen LogP) is -3.19. The second-order valence-electron chi connectivity index (χ2n) is 3.02. The van der Waals surface area contributed by atoms with Crippen LogP contribution in [0.5, 0.6) is 0 Å². The van der Waals surface area contributed by atoms with Gasteiger partial charge in [0, 0.05) is 0 Å². The van der Waals surface area contributed by atoms with E-state index in [1.807, 2.05) is 0 Å². The minimum absolute atomic E-state index is 0.0713. The summed E-state index contributed by atoms with van der Waals surface area (Å²) in [5, 5.41) is 35.9. The fourth-order valence-corrected chi connectivity index (χ4v) is 1.57. The summed E-state index contributed by atoms with van der Waals surface area (Å²) >= 11 is 0. The van der Waals surface area contributed by atoms with Crippen molar-refractivity contribution >= 4 is 13.9 Å². The van der Waals surface area contributed by atoms with E-state index < -0.39 is 38.2 Å². The maximum atomic E-state index is 10.4. The van der Waals surface area contributed by atoms with Crippen molar-refractivity contribution in [2.45, 2.75) is 24.4 Å². The number of aliphatic hydroxyl groups excluding tert-OH is 4. The molecule has 0 saturated carbocycles. The smallest absolute Gasteiger partial charge is 0.328 e. The molecule has 0 rings (SSSR count). The zero-order valence-corrected chi connectivity index (χ0v) is 8.44. The number of hydrogen-bond donors (Lipinski definition) is 6. The molecule has 0 aromatic rings. The quantitative estimate of drug-likeness (QED) is 0.211. The van der Waals surface area contributed by atoms with E-state index in [1.54, 1.807) is 0 Å². The summed E-state index contributed by atoms with van der Waals surface area (Å²) in [4.78, 5) is 26.9. The van der Waals surface area contributed by atoms with Gasteiger partial charge in [-0.15, -0.1) is 0 Å². The molecule has 0 aromatic carbocycles. The van der Waals surface area contributed by atoms with Crippen molar-refractivity contribution in [1.82, 2.24) is 0 Å². The van der Waals surface area contributed by atoms with Gasteiger partial charge in [0.25, 0.3) is 0 Å². The molecular formula is C6H13O8P. The summed E-state index contributed by atoms with van der Waals surface area (Å²) in [6.07, 6.45) is -9.02. The van der Waals surface area contributed by atoms with Crippen LogP contribution < -0.4 is 0 Å². The summed E-state index contributed by atoms with van der Waals surface area (Å²) in [6, 6.07) is 0. The van der Waals surface area contributed by atoms with Crippen LogP contribution in [-0.4, -0.2) is 67.1 Å². The molecule has 0 radical (unpaired) electrons. The van der Waals surface area contributed by atoms with Crippen LogP contribution in [-0.2, 0) is 9.36 Å². The van der Waals surface area contributed by atoms with E-state index in [4.69, 9.17) is 30.2 Å². The number of rotatable bonds is 6. The molecular weight excluding hydrogens is 231 g/mol. The Morgan fingerprint density at radius 2 is 1.53 bits per heavy atom. The topological polar surface area (TPSA) is 156 Å². The lowest BCUT2D eigenvalue weighted by Gasteiger charge is -2.24. The number of carbonyl (C=O) groups is 1.